The molecule has 2 N–H and O–H groups in total. The topological polar surface area (TPSA) is 83.0 Å². The van der Waals surface area contributed by atoms with Gasteiger partial charge >= 0.3 is 0 Å². The Bertz CT molecular complexity index is 454. The Kier molecular flexibility index (Phi) is 4.92. The number of amides is 2. The van der Waals surface area contributed by atoms with Gasteiger partial charge in [-0.2, -0.15) is 0 Å². The van der Waals surface area contributed by atoms with Crippen LogP contribution in [0.3, 0.4) is 0 Å². The monoisotopic (exact) mass is 308 g/mol. The zero-order valence-electron chi connectivity index (χ0n) is 12.8. The molecule has 0 radical (unpaired) electrons. The summed E-state index contributed by atoms with van der Waals surface area (Å²) in [6.45, 7) is 2.62. The summed E-state index contributed by atoms with van der Waals surface area (Å²) in [5, 5.41) is 5.84. The minimum Gasteiger partial charge on any atom is -0.378 e. The molecule has 2 fully saturated rings. The van der Waals surface area contributed by atoms with Crippen molar-refractivity contribution in [3.63, 3.8) is 0 Å². The first-order valence-electron chi connectivity index (χ1n) is 8.23. The third-order valence-electron chi connectivity index (χ3n) is 4.47. The van der Waals surface area contributed by atoms with Gasteiger partial charge in [0.2, 0.25) is 17.8 Å². The van der Waals surface area contributed by atoms with Crippen molar-refractivity contribution in [3.8, 4) is 0 Å². The molecule has 1 saturated heterocycles. The smallest absolute Gasteiger partial charge is 0.245 e. The van der Waals surface area contributed by atoms with Crippen LogP contribution in [0.2, 0.25) is 0 Å². The third kappa shape index (κ3) is 3.76. The lowest BCUT2D eigenvalue weighted by Crippen LogP contribution is -2.54. The van der Waals surface area contributed by atoms with E-state index < -0.39 is 6.04 Å². The van der Waals surface area contributed by atoms with Crippen molar-refractivity contribution >= 4 is 17.8 Å². The fraction of sp³-hybridized carbons (Fsp3) is 0.800. The van der Waals surface area contributed by atoms with Crippen LogP contribution in [0.4, 0.5) is 0 Å². The molecule has 7 heteroatoms. The molecule has 2 aliphatic heterocycles. The minimum absolute atomic E-state index is 0.118. The van der Waals surface area contributed by atoms with Gasteiger partial charge in [-0.3, -0.25) is 14.9 Å². The number of aliphatic imine (C=N–C) groups is 1. The van der Waals surface area contributed by atoms with Gasteiger partial charge in [0.15, 0.2) is 0 Å². The van der Waals surface area contributed by atoms with Crippen molar-refractivity contribution in [2.24, 2.45) is 4.99 Å². The second-order valence-electron chi connectivity index (χ2n) is 6.16. The summed E-state index contributed by atoms with van der Waals surface area (Å²) in [4.78, 5) is 30.7. The molecule has 2 amide bonds. The maximum atomic E-state index is 12.4. The number of hydrogen-bond acceptors (Lipinski definition) is 5. The molecule has 1 unspecified atom stereocenters. The number of hydrogen-bond donors (Lipinski definition) is 2. The average molecular weight is 308 g/mol. The first kappa shape index (κ1) is 15.3. The quantitative estimate of drug-likeness (QED) is 0.753. The van der Waals surface area contributed by atoms with Gasteiger partial charge in [0.05, 0.1) is 19.6 Å². The number of ether oxygens (including phenoxy) is 1. The molecule has 7 nitrogen and oxygen atoms in total. The molecule has 0 aromatic carbocycles. The van der Waals surface area contributed by atoms with Gasteiger partial charge in [-0.25, -0.2) is 4.99 Å². The highest BCUT2D eigenvalue weighted by Crippen LogP contribution is 2.18. The number of carbonyl (C=O) groups excluding carboxylic acids is 2. The molecule has 0 aromatic heterocycles. The summed E-state index contributed by atoms with van der Waals surface area (Å²) < 4.78 is 5.30. The van der Waals surface area contributed by atoms with Crippen LogP contribution in [0.15, 0.2) is 4.99 Å². The van der Waals surface area contributed by atoms with Crippen molar-refractivity contribution in [1.82, 2.24) is 15.5 Å². The molecule has 1 aliphatic carbocycles. The standard InChI is InChI=1S/C15H24N4O3/c20-13-10-12(14(21)16-11-4-2-1-3-5-11)17-15(18-13)19-6-8-22-9-7-19/h11-12H,1-10H2,(H,16,21)(H,17,18,20). The lowest BCUT2D eigenvalue weighted by atomic mass is 9.95. The molecule has 0 spiro atoms. The summed E-state index contributed by atoms with van der Waals surface area (Å²) in [7, 11) is 0. The Labute approximate surface area is 130 Å². The van der Waals surface area contributed by atoms with Gasteiger partial charge in [-0.05, 0) is 12.8 Å². The SMILES string of the molecule is O=C1CC(C(=O)NC2CCCCC2)N=C(N2CCOCC2)N1. The second-order valence-corrected chi connectivity index (χ2v) is 6.16. The van der Waals surface area contributed by atoms with Crippen molar-refractivity contribution in [2.75, 3.05) is 26.3 Å². The van der Waals surface area contributed by atoms with Gasteiger partial charge in [-0.1, -0.05) is 19.3 Å². The maximum Gasteiger partial charge on any atom is 0.245 e. The number of rotatable bonds is 2. The molecule has 3 aliphatic rings. The van der Waals surface area contributed by atoms with Crippen LogP contribution in [-0.4, -0.2) is 61.1 Å². The first-order chi connectivity index (χ1) is 10.7. The van der Waals surface area contributed by atoms with E-state index >= 15 is 0 Å². The van der Waals surface area contributed by atoms with Crippen LogP contribution in [0.5, 0.6) is 0 Å². The van der Waals surface area contributed by atoms with Gasteiger partial charge in [0.25, 0.3) is 0 Å². The Morgan fingerprint density at radius 2 is 1.95 bits per heavy atom. The van der Waals surface area contributed by atoms with Crippen LogP contribution in [0.25, 0.3) is 0 Å². The summed E-state index contributed by atoms with van der Waals surface area (Å²) in [6, 6.07) is -0.359. The van der Waals surface area contributed by atoms with E-state index in [1.54, 1.807) is 0 Å². The minimum atomic E-state index is -0.603. The molecule has 2 heterocycles. The van der Waals surface area contributed by atoms with E-state index in [2.05, 4.69) is 15.6 Å². The van der Waals surface area contributed by atoms with E-state index in [-0.39, 0.29) is 24.3 Å². The third-order valence-corrected chi connectivity index (χ3v) is 4.47. The van der Waals surface area contributed by atoms with E-state index in [0.717, 1.165) is 12.8 Å². The van der Waals surface area contributed by atoms with E-state index in [1.807, 2.05) is 4.90 Å². The fourth-order valence-corrected chi connectivity index (χ4v) is 3.21. The highest BCUT2D eigenvalue weighted by molar-refractivity contribution is 6.03. The van der Waals surface area contributed by atoms with Crippen LogP contribution in [-0.2, 0) is 14.3 Å². The molecular weight excluding hydrogens is 284 g/mol. The Balaban J connectivity index is 1.63. The number of carbonyl (C=O) groups is 2. The molecule has 0 bridgehead atoms. The Morgan fingerprint density at radius 3 is 2.68 bits per heavy atom. The summed E-state index contributed by atoms with van der Waals surface area (Å²) >= 11 is 0. The summed E-state index contributed by atoms with van der Waals surface area (Å²) in [5.74, 6) is 0.260. The predicted molar refractivity (Wildman–Crippen MR) is 81.4 cm³/mol. The largest absolute Gasteiger partial charge is 0.378 e. The van der Waals surface area contributed by atoms with E-state index in [4.69, 9.17) is 4.74 Å². The number of morpholine rings is 1. The summed E-state index contributed by atoms with van der Waals surface area (Å²) in [6.07, 6.45) is 5.77. The normalized spacial score (nSPS) is 27.1. The van der Waals surface area contributed by atoms with Gasteiger partial charge < -0.3 is 15.0 Å². The summed E-state index contributed by atoms with van der Waals surface area (Å²) in [5.41, 5.74) is 0. The predicted octanol–water partition coefficient (Wildman–Crippen LogP) is 0.0120. The van der Waals surface area contributed by atoms with Crippen molar-refractivity contribution in [1.29, 1.82) is 0 Å². The van der Waals surface area contributed by atoms with Crippen molar-refractivity contribution < 1.29 is 14.3 Å². The second kappa shape index (κ2) is 7.09. The molecule has 3 rings (SSSR count). The zero-order chi connectivity index (χ0) is 15.4. The molecule has 1 saturated carbocycles. The maximum absolute atomic E-state index is 12.4. The lowest BCUT2D eigenvalue weighted by Gasteiger charge is -2.33. The fourth-order valence-electron chi connectivity index (χ4n) is 3.21. The van der Waals surface area contributed by atoms with Crippen molar-refractivity contribution in [3.05, 3.63) is 0 Å². The van der Waals surface area contributed by atoms with Crippen LogP contribution in [0, 0.1) is 0 Å². The Morgan fingerprint density at radius 1 is 1.23 bits per heavy atom. The molecule has 22 heavy (non-hydrogen) atoms. The lowest BCUT2D eigenvalue weighted by molar-refractivity contribution is -0.128. The number of nitrogens with zero attached hydrogens (tertiary/aromatic N) is 2. The molecule has 0 aromatic rings. The van der Waals surface area contributed by atoms with Gasteiger partial charge in [0.1, 0.15) is 6.04 Å². The Hall–Kier alpha value is -1.63. The van der Waals surface area contributed by atoms with Gasteiger partial charge in [0, 0.05) is 19.1 Å². The first-order valence-corrected chi connectivity index (χ1v) is 8.23. The van der Waals surface area contributed by atoms with Crippen LogP contribution >= 0.6 is 0 Å². The van der Waals surface area contributed by atoms with Crippen LogP contribution < -0.4 is 10.6 Å². The zero-order valence-corrected chi connectivity index (χ0v) is 12.8. The number of nitrogens with one attached hydrogen (secondary N) is 2. The van der Waals surface area contributed by atoms with Gasteiger partial charge in [-0.15, -0.1) is 0 Å². The van der Waals surface area contributed by atoms with Crippen LogP contribution in [0.1, 0.15) is 38.5 Å². The molecule has 122 valence electrons. The van der Waals surface area contributed by atoms with E-state index in [0.29, 0.717) is 32.3 Å². The van der Waals surface area contributed by atoms with E-state index in [9.17, 15) is 9.59 Å². The van der Waals surface area contributed by atoms with Crippen molar-refractivity contribution in [2.45, 2.75) is 50.6 Å². The number of guanidine groups is 1. The highest BCUT2D eigenvalue weighted by atomic mass is 16.5. The van der Waals surface area contributed by atoms with E-state index in [1.165, 1.54) is 19.3 Å². The highest BCUT2D eigenvalue weighted by Gasteiger charge is 2.30. The average Bonchev–Trinajstić information content (AvgIpc) is 2.56. The molecular formula is C15H24N4O3. The molecule has 1 atom stereocenters.